The number of hydrogen-bond donors (Lipinski definition) is 3. The first-order chi connectivity index (χ1) is 23.3. The monoisotopic (exact) mass is 652 g/mol. The molecule has 0 spiro atoms. The Morgan fingerprint density at radius 3 is 2.50 bits per heavy atom. The molecule has 0 fully saturated rings. The highest BCUT2D eigenvalue weighted by Crippen LogP contribution is 2.36. The van der Waals surface area contributed by atoms with Crippen LogP contribution in [0.4, 0.5) is 16.2 Å². The smallest absolute Gasteiger partial charge is 0.323 e. The molecule has 0 aromatic heterocycles. The number of aliphatic hydroxyl groups excluding tert-OH is 1. The number of likely N-dealkylation sites (N-methyl/N-ethyl adjacent to an activating group) is 1. The number of amides is 3. The number of rotatable bonds is 10. The SMILES string of the molecule is C[C@H](CO)N1C[C@H](C)[C@H](CN(C)Cc2ccc(Oc3ccccc3)cc2)Oc2c(NC(=O)Nc3ccc4c(c3)OCO4)cccc2C1=O. The van der Waals surface area contributed by atoms with Crippen molar-refractivity contribution in [1.29, 1.82) is 0 Å². The number of para-hydroxylation sites is 2. The van der Waals surface area contributed by atoms with E-state index >= 15 is 0 Å². The molecule has 3 amide bonds. The van der Waals surface area contributed by atoms with Gasteiger partial charge in [0.15, 0.2) is 17.2 Å². The molecule has 0 saturated heterocycles. The fraction of sp³-hybridized carbons (Fsp3) is 0.297. The number of aliphatic hydroxyl groups is 1. The summed E-state index contributed by atoms with van der Waals surface area (Å²) in [6.45, 7) is 5.38. The number of urea groups is 1. The molecule has 48 heavy (non-hydrogen) atoms. The summed E-state index contributed by atoms with van der Waals surface area (Å²) < 4.78 is 23.4. The Balaban J connectivity index is 1.19. The van der Waals surface area contributed by atoms with E-state index in [-0.39, 0.29) is 37.1 Å². The molecular weight excluding hydrogens is 612 g/mol. The number of anilines is 2. The third-order valence-corrected chi connectivity index (χ3v) is 8.42. The second kappa shape index (κ2) is 14.7. The number of carbonyl (C=O) groups excluding carboxylic acids is 2. The predicted octanol–water partition coefficient (Wildman–Crippen LogP) is 6.20. The van der Waals surface area contributed by atoms with Crippen molar-refractivity contribution in [2.45, 2.75) is 32.5 Å². The fourth-order valence-electron chi connectivity index (χ4n) is 5.79. The molecule has 2 heterocycles. The maximum atomic E-state index is 13.8. The fourth-order valence-corrected chi connectivity index (χ4v) is 5.79. The summed E-state index contributed by atoms with van der Waals surface area (Å²) in [5.41, 5.74) is 2.28. The first-order valence-corrected chi connectivity index (χ1v) is 16.0. The van der Waals surface area contributed by atoms with Gasteiger partial charge in [0.2, 0.25) is 6.79 Å². The number of nitrogens with one attached hydrogen (secondary N) is 2. The minimum Gasteiger partial charge on any atom is -0.486 e. The second-order valence-corrected chi connectivity index (χ2v) is 12.2. The van der Waals surface area contributed by atoms with Crippen LogP contribution in [0.2, 0.25) is 0 Å². The lowest BCUT2D eigenvalue weighted by atomic mass is 9.99. The summed E-state index contributed by atoms with van der Waals surface area (Å²) >= 11 is 0. The number of hydrogen-bond acceptors (Lipinski definition) is 8. The average Bonchev–Trinajstić information content (AvgIpc) is 3.56. The van der Waals surface area contributed by atoms with Crippen LogP contribution in [0.3, 0.4) is 0 Å². The molecule has 3 atom stereocenters. The van der Waals surface area contributed by atoms with E-state index in [9.17, 15) is 14.7 Å². The van der Waals surface area contributed by atoms with Crippen molar-refractivity contribution in [2.24, 2.45) is 5.92 Å². The third-order valence-electron chi connectivity index (χ3n) is 8.42. The van der Waals surface area contributed by atoms with Gasteiger partial charge in [-0.15, -0.1) is 0 Å². The zero-order valence-electron chi connectivity index (χ0n) is 27.2. The maximum Gasteiger partial charge on any atom is 0.323 e. The summed E-state index contributed by atoms with van der Waals surface area (Å²) in [7, 11) is 2.02. The van der Waals surface area contributed by atoms with Crippen molar-refractivity contribution in [3.63, 3.8) is 0 Å². The second-order valence-electron chi connectivity index (χ2n) is 12.2. The van der Waals surface area contributed by atoms with Crippen LogP contribution in [0.5, 0.6) is 28.7 Å². The van der Waals surface area contributed by atoms with Gasteiger partial charge in [-0.1, -0.05) is 43.3 Å². The molecule has 11 nitrogen and oxygen atoms in total. The van der Waals surface area contributed by atoms with Crippen LogP contribution in [0.1, 0.15) is 29.8 Å². The first kappa shape index (κ1) is 32.7. The van der Waals surface area contributed by atoms with Crippen LogP contribution in [-0.2, 0) is 6.54 Å². The molecule has 0 bridgehead atoms. The normalized spacial score (nSPS) is 17.5. The van der Waals surface area contributed by atoms with Crippen LogP contribution in [0.25, 0.3) is 0 Å². The molecule has 4 aromatic carbocycles. The van der Waals surface area contributed by atoms with E-state index in [1.165, 1.54) is 0 Å². The molecule has 11 heteroatoms. The molecular formula is C37H40N4O7. The Hall–Kier alpha value is -5.26. The minimum atomic E-state index is -0.512. The lowest BCUT2D eigenvalue weighted by Gasteiger charge is -2.38. The van der Waals surface area contributed by atoms with Gasteiger partial charge in [0.05, 0.1) is 23.9 Å². The van der Waals surface area contributed by atoms with Gasteiger partial charge in [-0.2, -0.15) is 0 Å². The van der Waals surface area contributed by atoms with Crippen LogP contribution < -0.4 is 29.6 Å². The molecule has 250 valence electrons. The van der Waals surface area contributed by atoms with Crippen LogP contribution in [0.15, 0.2) is 91.0 Å². The van der Waals surface area contributed by atoms with Gasteiger partial charge in [0, 0.05) is 37.3 Å². The van der Waals surface area contributed by atoms with Crippen molar-refractivity contribution in [3.8, 4) is 28.7 Å². The van der Waals surface area contributed by atoms with E-state index < -0.39 is 12.1 Å². The van der Waals surface area contributed by atoms with E-state index in [1.54, 1.807) is 41.3 Å². The molecule has 0 radical (unpaired) electrons. The van der Waals surface area contributed by atoms with Crippen molar-refractivity contribution in [1.82, 2.24) is 9.80 Å². The molecule has 0 unspecified atom stereocenters. The molecule has 0 aliphatic carbocycles. The van der Waals surface area contributed by atoms with E-state index in [1.807, 2.05) is 75.5 Å². The Bertz CT molecular complexity index is 1730. The lowest BCUT2D eigenvalue weighted by Crippen LogP contribution is -2.49. The van der Waals surface area contributed by atoms with Crippen LogP contribution in [0, 0.1) is 5.92 Å². The predicted molar refractivity (Wildman–Crippen MR) is 182 cm³/mol. The third kappa shape index (κ3) is 7.64. The van der Waals surface area contributed by atoms with Gasteiger partial charge < -0.3 is 39.6 Å². The number of benzene rings is 4. The van der Waals surface area contributed by atoms with Gasteiger partial charge in [0.25, 0.3) is 5.91 Å². The van der Waals surface area contributed by atoms with E-state index in [2.05, 4.69) is 15.5 Å². The maximum absolute atomic E-state index is 13.8. The van der Waals surface area contributed by atoms with Gasteiger partial charge in [-0.25, -0.2) is 4.79 Å². The summed E-state index contributed by atoms with van der Waals surface area (Å²) in [6, 6.07) is 26.9. The van der Waals surface area contributed by atoms with Crippen LogP contribution in [-0.4, -0.2) is 72.5 Å². The molecule has 6 rings (SSSR count). The zero-order valence-corrected chi connectivity index (χ0v) is 27.2. The number of fused-ring (bicyclic) bond motifs is 2. The molecule has 0 saturated carbocycles. The van der Waals surface area contributed by atoms with Crippen molar-refractivity contribution in [2.75, 3.05) is 44.2 Å². The van der Waals surface area contributed by atoms with Gasteiger partial charge >= 0.3 is 6.03 Å². The number of ether oxygens (including phenoxy) is 4. The standard InChI is InChI=1S/C37H40N4O7/c1-24-19-41(25(2)22-42)36(43)30-10-7-11-31(39-37(44)38-27-14-17-32-33(18-27)46-23-45-32)35(30)48-34(24)21-40(3)20-26-12-15-29(16-13-26)47-28-8-5-4-6-9-28/h4-18,24-25,34,42H,19-23H2,1-3H3,(H2,38,39,44)/t24-,25+,34-/m0/s1. The number of nitrogens with zero attached hydrogens (tertiary/aromatic N) is 2. The number of carbonyl (C=O) groups is 2. The highest BCUT2D eigenvalue weighted by molar-refractivity contribution is 6.04. The molecule has 4 aromatic rings. The lowest BCUT2D eigenvalue weighted by molar-refractivity contribution is 0.0343. The van der Waals surface area contributed by atoms with Crippen LogP contribution >= 0.6 is 0 Å². The summed E-state index contributed by atoms with van der Waals surface area (Å²) in [4.78, 5) is 30.9. The minimum absolute atomic E-state index is 0.101. The van der Waals surface area contributed by atoms with E-state index in [0.717, 1.165) is 17.1 Å². The topological polar surface area (TPSA) is 122 Å². The summed E-state index contributed by atoms with van der Waals surface area (Å²) in [5, 5.41) is 15.7. The van der Waals surface area contributed by atoms with Crippen molar-refractivity contribution < 1.29 is 33.6 Å². The Labute approximate surface area is 280 Å². The van der Waals surface area contributed by atoms with Crippen molar-refractivity contribution in [3.05, 3.63) is 102 Å². The molecule has 2 aliphatic rings. The highest BCUT2D eigenvalue weighted by atomic mass is 16.7. The summed E-state index contributed by atoms with van der Waals surface area (Å²) in [6.07, 6.45) is -0.351. The van der Waals surface area contributed by atoms with Crippen molar-refractivity contribution >= 4 is 23.3 Å². The van der Waals surface area contributed by atoms with Gasteiger partial charge in [-0.05, 0) is 68.1 Å². The highest BCUT2D eigenvalue weighted by Gasteiger charge is 2.34. The Morgan fingerprint density at radius 1 is 0.979 bits per heavy atom. The van der Waals surface area contributed by atoms with Gasteiger partial charge in [0.1, 0.15) is 17.6 Å². The Kier molecular flexibility index (Phi) is 9.98. The van der Waals surface area contributed by atoms with E-state index in [4.69, 9.17) is 18.9 Å². The molecule has 3 N–H and O–H groups in total. The Morgan fingerprint density at radius 2 is 1.73 bits per heavy atom. The molecule has 2 aliphatic heterocycles. The zero-order chi connectivity index (χ0) is 33.6. The van der Waals surface area contributed by atoms with E-state index in [0.29, 0.717) is 48.1 Å². The average molecular weight is 653 g/mol. The first-order valence-electron chi connectivity index (χ1n) is 16.0. The van der Waals surface area contributed by atoms with Gasteiger partial charge in [-0.3, -0.25) is 9.69 Å². The largest absolute Gasteiger partial charge is 0.486 e. The summed E-state index contributed by atoms with van der Waals surface area (Å²) in [5.74, 6) is 2.59. The quantitative estimate of drug-likeness (QED) is 0.185.